The van der Waals surface area contributed by atoms with Gasteiger partial charge in [-0.15, -0.1) is 0 Å². The number of hydrogen-bond donors (Lipinski definition) is 0. The Kier molecular flexibility index (Phi) is 14.7. The summed E-state index contributed by atoms with van der Waals surface area (Å²) < 4.78 is 0. The summed E-state index contributed by atoms with van der Waals surface area (Å²) in [7, 11) is 0. The zero-order valence-corrected chi connectivity index (χ0v) is 9.55. The van der Waals surface area contributed by atoms with Gasteiger partial charge < -0.3 is 24.6 Å². The van der Waals surface area contributed by atoms with Crippen molar-refractivity contribution >= 4 is 17.7 Å². The molecule has 0 atom stereocenters. The molecule has 0 unspecified atom stereocenters. The van der Waals surface area contributed by atoms with E-state index >= 15 is 0 Å². The molecule has 14 heavy (non-hydrogen) atoms. The van der Waals surface area contributed by atoms with Gasteiger partial charge in [0.15, 0.2) is 0 Å². The maximum absolute atomic E-state index is 9.97. The van der Waals surface area contributed by atoms with Crippen LogP contribution >= 0.6 is 0 Å². The molecular formula is C6H5Ag2NO5. The molecule has 0 saturated heterocycles. The number of hydrogen-bond acceptors (Lipinski definition) is 6. The van der Waals surface area contributed by atoms with E-state index in [1.165, 1.54) is 6.08 Å². The van der Waals surface area contributed by atoms with Gasteiger partial charge in [-0.05, 0) is 0 Å². The Labute approximate surface area is 111 Å². The van der Waals surface area contributed by atoms with E-state index in [1.54, 1.807) is 0 Å². The fourth-order valence-electron chi connectivity index (χ4n) is 0.312. The van der Waals surface area contributed by atoms with Crippen LogP contribution in [0.4, 0.5) is 0 Å². The first-order chi connectivity index (χ1) is 5.59. The van der Waals surface area contributed by atoms with Crippen LogP contribution in [0.1, 0.15) is 0 Å². The molecule has 8 heteroatoms. The molecule has 0 N–H and O–H groups in total. The third kappa shape index (κ3) is 8.24. The molecule has 0 rings (SSSR count). The maximum Gasteiger partial charge on any atom is 1.00 e. The van der Waals surface area contributed by atoms with Crippen molar-refractivity contribution in [2.75, 3.05) is 6.61 Å². The van der Waals surface area contributed by atoms with E-state index in [0.717, 1.165) is 0 Å². The average molecular weight is 387 g/mol. The number of carbonyl (C=O) groups excluding carboxylic acids is 2. The van der Waals surface area contributed by atoms with Crippen LogP contribution in [-0.4, -0.2) is 24.3 Å². The van der Waals surface area contributed by atoms with E-state index in [2.05, 4.69) is 16.6 Å². The molecule has 0 aliphatic rings. The van der Waals surface area contributed by atoms with E-state index in [9.17, 15) is 19.8 Å². The van der Waals surface area contributed by atoms with Gasteiger partial charge in [-0.25, -0.2) is 0 Å². The Bertz CT molecular complexity index is 224. The van der Waals surface area contributed by atoms with Crippen LogP contribution in [0.25, 0.3) is 0 Å². The normalized spacial score (nSPS) is 7.14. The molecule has 0 amide bonds. The Morgan fingerprint density at radius 2 is 1.71 bits per heavy atom. The molecule has 0 bridgehead atoms. The van der Waals surface area contributed by atoms with E-state index in [4.69, 9.17) is 0 Å². The van der Waals surface area contributed by atoms with Gasteiger partial charge >= 0.3 is 44.8 Å². The molecule has 6 nitrogen and oxygen atoms in total. The summed E-state index contributed by atoms with van der Waals surface area (Å²) >= 11 is 0. The van der Waals surface area contributed by atoms with Gasteiger partial charge in [0.1, 0.15) is 12.3 Å². The summed E-state index contributed by atoms with van der Waals surface area (Å²) in [5, 5.41) is 22.7. The second-order valence-electron chi connectivity index (χ2n) is 1.60. The zero-order chi connectivity index (χ0) is 9.56. The van der Waals surface area contributed by atoms with Crippen LogP contribution < -0.4 is 10.2 Å². The predicted octanol–water partition coefficient (Wildman–Crippen LogP) is -2.96. The van der Waals surface area contributed by atoms with Gasteiger partial charge in [0.05, 0.1) is 11.9 Å². The average Bonchev–Trinajstić information content (AvgIpc) is 1.96. The van der Waals surface area contributed by atoms with Gasteiger partial charge in [-0.2, -0.15) is 0 Å². The first-order valence-corrected chi connectivity index (χ1v) is 2.83. The topological polar surface area (TPSA) is 102 Å². The Hall–Kier alpha value is -0.369. The van der Waals surface area contributed by atoms with Crippen molar-refractivity contribution in [1.82, 2.24) is 0 Å². The molecule has 0 radical (unpaired) electrons. The van der Waals surface area contributed by atoms with Gasteiger partial charge in [0.2, 0.25) is 0 Å². The number of nitrogens with zero attached hydrogens (tertiary/aromatic N) is 1. The zero-order valence-electron chi connectivity index (χ0n) is 6.58. The van der Waals surface area contributed by atoms with Crippen LogP contribution in [0, 0.1) is 0 Å². The largest absolute Gasteiger partial charge is 1.00 e. The molecule has 0 aromatic heterocycles. The van der Waals surface area contributed by atoms with Crippen molar-refractivity contribution < 1.29 is 69.4 Å². The number of carbonyl (C=O) groups is 2. The number of carboxylic acid groups (broad SMARTS) is 2. The summed E-state index contributed by atoms with van der Waals surface area (Å²) in [5.74, 6) is -3.92. The van der Waals surface area contributed by atoms with Crippen molar-refractivity contribution in [3.63, 3.8) is 0 Å². The monoisotopic (exact) mass is 385 g/mol. The minimum atomic E-state index is -1.96. The number of rotatable bonds is 5. The number of oxime groups is 1. The smallest absolute Gasteiger partial charge is 0.543 e. The Balaban J connectivity index is -0.000000605. The van der Waals surface area contributed by atoms with Gasteiger partial charge in [0.25, 0.3) is 0 Å². The van der Waals surface area contributed by atoms with Crippen LogP contribution in [0.5, 0.6) is 0 Å². The minimum absolute atomic E-state index is 0. The Morgan fingerprint density at radius 3 is 2.00 bits per heavy atom. The van der Waals surface area contributed by atoms with Gasteiger partial charge in [-0.3, -0.25) is 0 Å². The third-order valence-corrected chi connectivity index (χ3v) is 0.735. The number of aliphatic carboxylic acids is 2. The quantitative estimate of drug-likeness (QED) is 0.125. The van der Waals surface area contributed by atoms with Crippen LogP contribution in [0.2, 0.25) is 0 Å². The SMILES string of the molecule is C=CCON=C(C(=O)[O-])C(=O)[O-].[Ag+].[Ag+]. The van der Waals surface area contributed by atoms with Crippen molar-refractivity contribution in [3.8, 4) is 0 Å². The first-order valence-electron chi connectivity index (χ1n) is 2.83. The molecule has 0 aliphatic heterocycles. The van der Waals surface area contributed by atoms with Gasteiger partial charge in [-0.1, -0.05) is 17.8 Å². The van der Waals surface area contributed by atoms with E-state index < -0.39 is 17.7 Å². The molecule has 0 aromatic carbocycles. The molecule has 0 spiro atoms. The molecule has 0 aliphatic carbocycles. The van der Waals surface area contributed by atoms with Crippen molar-refractivity contribution in [3.05, 3.63) is 12.7 Å². The fourth-order valence-corrected chi connectivity index (χ4v) is 0.312. The van der Waals surface area contributed by atoms with Crippen LogP contribution in [-0.2, 0) is 59.2 Å². The summed E-state index contributed by atoms with van der Waals surface area (Å²) in [6.07, 6.45) is 1.27. The second kappa shape index (κ2) is 10.7. The van der Waals surface area contributed by atoms with Crippen molar-refractivity contribution in [1.29, 1.82) is 0 Å². The fraction of sp³-hybridized carbons (Fsp3) is 0.167. The maximum atomic E-state index is 9.97. The second-order valence-corrected chi connectivity index (χ2v) is 1.60. The van der Waals surface area contributed by atoms with Crippen LogP contribution in [0.3, 0.4) is 0 Å². The van der Waals surface area contributed by atoms with E-state index in [0.29, 0.717) is 0 Å². The first kappa shape index (κ1) is 19.2. The molecular weight excluding hydrogens is 382 g/mol. The van der Waals surface area contributed by atoms with E-state index in [1.807, 2.05) is 0 Å². The summed E-state index contributed by atoms with van der Waals surface area (Å²) in [5.41, 5.74) is -1.28. The van der Waals surface area contributed by atoms with Crippen LogP contribution in [0.15, 0.2) is 17.8 Å². The summed E-state index contributed by atoms with van der Waals surface area (Å²) in [6.45, 7) is 3.13. The predicted molar refractivity (Wildman–Crippen MR) is 33.6 cm³/mol. The van der Waals surface area contributed by atoms with Crippen molar-refractivity contribution in [2.45, 2.75) is 0 Å². The standard InChI is InChI=1S/C6H7NO5.2Ag/c1-2-3-12-7-4(5(8)9)6(10)11;;/h2H,1,3H2,(H,8,9)(H,10,11);;/q;2*+1/p-2. The molecule has 0 saturated carbocycles. The van der Waals surface area contributed by atoms with E-state index in [-0.39, 0.29) is 51.4 Å². The molecule has 0 aromatic rings. The Morgan fingerprint density at radius 1 is 1.29 bits per heavy atom. The molecule has 0 heterocycles. The molecule has 0 fully saturated rings. The number of carboxylic acids is 2. The third-order valence-electron chi connectivity index (χ3n) is 0.735. The molecule has 86 valence electrons. The minimum Gasteiger partial charge on any atom is -0.543 e. The van der Waals surface area contributed by atoms with Crippen molar-refractivity contribution in [2.24, 2.45) is 5.16 Å². The summed E-state index contributed by atoms with van der Waals surface area (Å²) in [4.78, 5) is 24.1. The summed E-state index contributed by atoms with van der Waals surface area (Å²) in [6, 6.07) is 0. The van der Waals surface area contributed by atoms with Gasteiger partial charge in [0, 0.05) is 0 Å².